The van der Waals surface area contributed by atoms with E-state index in [-0.39, 0.29) is 0 Å². The number of rotatable bonds is 4. The van der Waals surface area contributed by atoms with Crippen molar-refractivity contribution in [2.75, 3.05) is 0 Å². The summed E-state index contributed by atoms with van der Waals surface area (Å²) in [5.41, 5.74) is 0.346. The number of ether oxygens (including phenoxy) is 2. The molecule has 4 heteroatoms. The van der Waals surface area contributed by atoms with Crippen LogP contribution >= 0.6 is 0 Å². The monoisotopic (exact) mass is 218 g/mol. The maximum absolute atomic E-state index is 11.2. The molecule has 0 saturated heterocycles. The van der Waals surface area contributed by atoms with Crippen LogP contribution in [0.25, 0.3) is 0 Å². The summed E-state index contributed by atoms with van der Waals surface area (Å²) < 4.78 is 9.40. The van der Waals surface area contributed by atoms with Crippen LogP contribution in [0.1, 0.15) is 10.4 Å². The smallest absolute Gasteiger partial charge is 0.342 e. The van der Waals surface area contributed by atoms with Gasteiger partial charge in [-0.3, -0.25) is 0 Å². The van der Waals surface area contributed by atoms with Crippen molar-refractivity contribution < 1.29 is 19.1 Å². The second-order valence-corrected chi connectivity index (χ2v) is 2.72. The molecule has 16 heavy (non-hydrogen) atoms. The van der Waals surface area contributed by atoms with Crippen LogP contribution in [-0.2, 0) is 9.53 Å². The molecule has 0 bridgehead atoms. The zero-order valence-electron chi connectivity index (χ0n) is 8.51. The highest BCUT2D eigenvalue weighted by atomic mass is 16.5. The van der Waals surface area contributed by atoms with Crippen LogP contribution in [0.2, 0.25) is 0 Å². The Balaban J connectivity index is 2.74. The molecular weight excluding hydrogens is 208 g/mol. The molecular formula is C12H10O4. The fraction of sp³-hybridized carbons (Fsp3) is 0. The molecule has 82 valence electrons. The largest absolute Gasteiger partial charge is 0.432 e. The Labute approximate surface area is 92.8 Å². The number of esters is 2. The van der Waals surface area contributed by atoms with E-state index in [1.165, 1.54) is 24.3 Å². The molecule has 0 fully saturated rings. The average Bonchev–Trinajstić information content (AvgIpc) is 2.30. The maximum Gasteiger partial charge on any atom is 0.342 e. The second-order valence-electron chi connectivity index (χ2n) is 2.72. The molecule has 4 nitrogen and oxygen atoms in total. The average molecular weight is 218 g/mol. The van der Waals surface area contributed by atoms with E-state index in [1.807, 2.05) is 0 Å². The summed E-state index contributed by atoms with van der Waals surface area (Å²) in [6.45, 7) is 6.54. The van der Waals surface area contributed by atoms with Crippen molar-refractivity contribution in [2.24, 2.45) is 0 Å². The van der Waals surface area contributed by atoms with Gasteiger partial charge in [-0.25, -0.2) is 9.59 Å². The Kier molecular flexibility index (Phi) is 4.03. The molecule has 1 aromatic carbocycles. The first-order valence-corrected chi connectivity index (χ1v) is 4.43. The summed E-state index contributed by atoms with van der Waals surface area (Å²) in [6, 6.07) is 5.94. The lowest BCUT2D eigenvalue weighted by Crippen LogP contribution is -2.04. The first-order valence-electron chi connectivity index (χ1n) is 4.43. The molecule has 0 heterocycles. The number of hydrogen-bond acceptors (Lipinski definition) is 4. The normalized spacial score (nSPS) is 9.00. The highest BCUT2D eigenvalue weighted by Gasteiger charge is 2.06. The van der Waals surface area contributed by atoms with Crippen molar-refractivity contribution in [3.05, 3.63) is 55.3 Å². The molecule has 0 saturated carbocycles. The van der Waals surface area contributed by atoms with E-state index in [1.54, 1.807) is 0 Å². The van der Waals surface area contributed by atoms with E-state index in [2.05, 4.69) is 17.9 Å². The van der Waals surface area contributed by atoms with Crippen molar-refractivity contribution in [3.63, 3.8) is 0 Å². The first-order chi connectivity index (χ1) is 7.67. The van der Waals surface area contributed by atoms with Crippen LogP contribution in [0.3, 0.4) is 0 Å². The molecule has 0 radical (unpaired) electrons. The van der Waals surface area contributed by atoms with Crippen molar-refractivity contribution in [1.29, 1.82) is 0 Å². The highest BCUT2D eigenvalue weighted by Crippen LogP contribution is 2.13. The first kappa shape index (κ1) is 11.7. The summed E-state index contributed by atoms with van der Waals surface area (Å²) in [5.74, 6) is -0.738. The van der Waals surface area contributed by atoms with Gasteiger partial charge < -0.3 is 9.47 Å². The Bertz CT molecular complexity index is 417. The van der Waals surface area contributed by atoms with Gasteiger partial charge in [-0.05, 0) is 24.3 Å². The Morgan fingerprint density at radius 3 is 2.25 bits per heavy atom. The zero-order valence-corrected chi connectivity index (χ0v) is 8.51. The van der Waals surface area contributed by atoms with Crippen LogP contribution in [0, 0.1) is 0 Å². The number of carbonyl (C=O) groups is 2. The fourth-order valence-corrected chi connectivity index (χ4v) is 0.961. The third-order valence-corrected chi connectivity index (χ3v) is 1.67. The lowest BCUT2D eigenvalue weighted by molar-refractivity contribution is -0.128. The van der Waals surface area contributed by atoms with Gasteiger partial charge >= 0.3 is 11.9 Å². The number of benzene rings is 1. The highest BCUT2D eigenvalue weighted by molar-refractivity contribution is 5.90. The fourth-order valence-electron chi connectivity index (χ4n) is 0.961. The predicted octanol–water partition coefficient (Wildman–Crippen LogP) is 2.08. The molecule has 0 N–H and O–H groups in total. The van der Waals surface area contributed by atoms with E-state index in [4.69, 9.17) is 4.74 Å². The van der Waals surface area contributed by atoms with Crippen molar-refractivity contribution in [3.8, 4) is 5.75 Å². The van der Waals surface area contributed by atoms with Crippen molar-refractivity contribution in [2.45, 2.75) is 0 Å². The van der Waals surface area contributed by atoms with Gasteiger partial charge in [-0.2, -0.15) is 0 Å². The molecule has 0 aliphatic carbocycles. The number of hydrogen-bond donors (Lipinski definition) is 0. The van der Waals surface area contributed by atoms with Gasteiger partial charge in [0.2, 0.25) is 0 Å². The van der Waals surface area contributed by atoms with Crippen molar-refractivity contribution in [1.82, 2.24) is 0 Å². The van der Waals surface area contributed by atoms with E-state index in [0.29, 0.717) is 11.3 Å². The molecule has 0 aromatic heterocycles. The third kappa shape index (κ3) is 3.09. The second kappa shape index (κ2) is 5.50. The molecule has 1 rings (SSSR count). The summed E-state index contributed by atoms with van der Waals surface area (Å²) in [7, 11) is 0. The van der Waals surface area contributed by atoms with Crippen LogP contribution in [0.5, 0.6) is 5.75 Å². The van der Waals surface area contributed by atoms with Crippen LogP contribution in [-0.4, -0.2) is 11.9 Å². The van der Waals surface area contributed by atoms with E-state index in [9.17, 15) is 9.59 Å². The van der Waals surface area contributed by atoms with Crippen molar-refractivity contribution >= 4 is 11.9 Å². The molecule has 0 amide bonds. The van der Waals surface area contributed by atoms with Crippen LogP contribution in [0.4, 0.5) is 0 Å². The Morgan fingerprint density at radius 2 is 1.75 bits per heavy atom. The summed E-state index contributed by atoms with van der Waals surface area (Å²) >= 11 is 0. The molecule has 0 aliphatic heterocycles. The molecule has 0 unspecified atom stereocenters. The van der Waals surface area contributed by atoms with Gasteiger partial charge in [-0.15, -0.1) is 0 Å². The van der Waals surface area contributed by atoms with E-state index in [0.717, 1.165) is 12.3 Å². The Hall–Kier alpha value is -2.36. The summed E-state index contributed by atoms with van der Waals surface area (Å²) in [5, 5.41) is 0. The van der Waals surface area contributed by atoms with E-state index < -0.39 is 11.9 Å². The summed E-state index contributed by atoms with van der Waals surface area (Å²) in [6.07, 6.45) is 2.11. The topological polar surface area (TPSA) is 52.6 Å². The number of carbonyl (C=O) groups excluding carboxylic acids is 2. The van der Waals surface area contributed by atoms with Gasteiger partial charge in [0.25, 0.3) is 0 Å². The molecule has 0 aliphatic rings. The molecule has 0 spiro atoms. The summed E-state index contributed by atoms with van der Waals surface area (Å²) in [4.78, 5) is 22.1. The van der Waals surface area contributed by atoms with Gasteiger partial charge in [0.15, 0.2) is 0 Å². The standard InChI is InChI=1S/C12H10O4/c1-3-11(13)16-10-7-5-9(6-8-10)12(14)15-4-2/h3-8H,1-2H2. The Morgan fingerprint density at radius 1 is 1.12 bits per heavy atom. The van der Waals surface area contributed by atoms with Gasteiger partial charge in [0.1, 0.15) is 5.75 Å². The van der Waals surface area contributed by atoms with Gasteiger partial charge in [-0.1, -0.05) is 13.2 Å². The zero-order chi connectivity index (χ0) is 12.0. The van der Waals surface area contributed by atoms with Gasteiger partial charge in [0.05, 0.1) is 11.8 Å². The van der Waals surface area contributed by atoms with E-state index >= 15 is 0 Å². The molecule has 1 aromatic rings. The lowest BCUT2D eigenvalue weighted by atomic mass is 10.2. The minimum Gasteiger partial charge on any atom is -0.432 e. The molecule has 0 atom stereocenters. The maximum atomic E-state index is 11.2. The third-order valence-electron chi connectivity index (χ3n) is 1.67. The minimum absolute atomic E-state index is 0.333. The SMILES string of the molecule is C=COC(=O)c1ccc(OC(=O)C=C)cc1. The van der Waals surface area contributed by atoms with Crippen LogP contribution < -0.4 is 4.74 Å². The van der Waals surface area contributed by atoms with Gasteiger partial charge in [0, 0.05) is 6.08 Å². The lowest BCUT2D eigenvalue weighted by Gasteiger charge is -2.02. The van der Waals surface area contributed by atoms with Crippen LogP contribution in [0.15, 0.2) is 49.8 Å². The minimum atomic E-state index is -0.554. The quantitative estimate of drug-likeness (QED) is 0.336. The predicted molar refractivity (Wildman–Crippen MR) is 57.9 cm³/mol.